The molecule has 1 heterocycles. The molecule has 1 aliphatic heterocycles. The summed E-state index contributed by atoms with van der Waals surface area (Å²) in [6.45, 7) is 1.75. The molecule has 2 aliphatic rings. The van der Waals surface area contributed by atoms with Gasteiger partial charge in [0.2, 0.25) is 5.91 Å². The van der Waals surface area contributed by atoms with Crippen LogP contribution in [0.1, 0.15) is 37.7 Å². The van der Waals surface area contributed by atoms with Crippen molar-refractivity contribution < 1.29 is 18.0 Å². The first kappa shape index (κ1) is 18.4. The molecule has 0 spiro atoms. The standard InChI is InChI=1S/C18H22ClF3N2O/c19-14-6-7-16(15(12-14)18(20,21)22)23-8-10-24(11-9-23)17(25)13-4-2-1-3-5-13/h6-7,12-13H,1-5,8-11H2. The second kappa shape index (κ2) is 7.44. The van der Waals surface area contributed by atoms with E-state index in [4.69, 9.17) is 11.6 Å². The second-order valence-corrected chi connectivity index (χ2v) is 7.24. The van der Waals surface area contributed by atoms with Crippen LogP contribution in [-0.2, 0) is 11.0 Å². The Kier molecular flexibility index (Phi) is 5.46. The molecule has 0 aromatic heterocycles. The van der Waals surface area contributed by atoms with Crippen molar-refractivity contribution in [3.63, 3.8) is 0 Å². The summed E-state index contributed by atoms with van der Waals surface area (Å²) in [5.41, 5.74) is -0.575. The fourth-order valence-electron chi connectivity index (χ4n) is 3.79. The number of hydrogen-bond acceptors (Lipinski definition) is 2. The second-order valence-electron chi connectivity index (χ2n) is 6.81. The molecule has 0 N–H and O–H groups in total. The summed E-state index contributed by atoms with van der Waals surface area (Å²) < 4.78 is 39.8. The number of halogens is 4. The summed E-state index contributed by atoms with van der Waals surface area (Å²) in [7, 11) is 0. The molecule has 3 nitrogen and oxygen atoms in total. The average molecular weight is 375 g/mol. The number of amides is 1. The highest BCUT2D eigenvalue weighted by molar-refractivity contribution is 6.30. The smallest absolute Gasteiger partial charge is 0.367 e. The first-order chi connectivity index (χ1) is 11.9. The van der Waals surface area contributed by atoms with Crippen LogP contribution in [0.4, 0.5) is 18.9 Å². The van der Waals surface area contributed by atoms with Crippen LogP contribution in [0.25, 0.3) is 0 Å². The summed E-state index contributed by atoms with van der Waals surface area (Å²) in [5, 5.41) is 0.0715. The van der Waals surface area contributed by atoms with Gasteiger partial charge in [-0.25, -0.2) is 0 Å². The quantitative estimate of drug-likeness (QED) is 0.756. The molecule has 0 radical (unpaired) electrons. The van der Waals surface area contributed by atoms with Crippen LogP contribution in [-0.4, -0.2) is 37.0 Å². The van der Waals surface area contributed by atoms with Crippen molar-refractivity contribution in [2.24, 2.45) is 5.92 Å². The highest BCUT2D eigenvalue weighted by atomic mass is 35.5. The first-order valence-electron chi connectivity index (χ1n) is 8.77. The van der Waals surface area contributed by atoms with Crippen LogP contribution in [0, 0.1) is 5.92 Å². The Balaban J connectivity index is 1.67. The van der Waals surface area contributed by atoms with Crippen LogP contribution >= 0.6 is 11.6 Å². The molecule has 3 rings (SSSR count). The Morgan fingerprint density at radius 2 is 1.68 bits per heavy atom. The fourth-order valence-corrected chi connectivity index (χ4v) is 3.96. The highest BCUT2D eigenvalue weighted by Crippen LogP contribution is 2.38. The van der Waals surface area contributed by atoms with E-state index in [2.05, 4.69) is 0 Å². The molecular formula is C18H22ClF3N2O. The van der Waals surface area contributed by atoms with Gasteiger partial charge in [0, 0.05) is 42.8 Å². The van der Waals surface area contributed by atoms with Crippen LogP contribution < -0.4 is 4.90 Å². The normalized spacial score (nSPS) is 20.0. The Labute approximate surface area is 150 Å². The Bertz CT molecular complexity index is 621. The topological polar surface area (TPSA) is 23.6 Å². The average Bonchev–Trinajstić information content (AvgIpc) is 2.61. The minimum atomic E-state index is -4.45. The number of carbonyl (C=O) groups is 1. The maximum atomic E-state index is 13.3. The monoisotopic (exact) mass is 374 g/mol. The van der Waals surface area contributed by atoms with E-state index < -0.39 is 11.7 Å². The summed E-state index contributed by atoms with van der Waals surface area (Å²) in [6, 6.07) is 3.87. The number of carbonyl (C=O) groups excluding carboxylic acids is 1. The van der Waals surface area contributed by atoms with Gasteiger partial charge in [-0.05, 0) is 31.0 Å². The van der Waals surface area contributed by atoms with Gasteiger partial charge < -0.3 is 9.80 Å². The molecule has 1 aromatic carbocycles. The molecule has 0 atom stereocenters. The molecule has 0 unspecified atom stereocenters. The van der Waals surface area contributed by atoms with E-state index in [-0.39, 0.29) is 22.5 Å². The number of benzene rings is 1. The number of hydrogen-bond donors (Lipinski definition) is 0. The van der Waals surface area contributed by atoms with Gasteiger partial charge in [0.1, 0.15) is 0 Å². The van der Waals surface area contributed by atoms with Gasteiger partial charge in [-0.1, -0.05) is 30.9 Å². The summed E-state index contributed by atoms with van der Waals surface area (Å²) >= 11 is 5.74. The number of alkyl halides is 3. The zero-order valence-electron chi connectivity index (χ0n) is 14.0. The zero-order valence-corrected chi connectivity index (χ0v) is 14.7. The van der Waals surface area contributed by atoms with Crippen LogP contribution in [0.3, 0.4) is 0 Å². The lowest BCUT2D eigenvalue weighted by molar-refractivity contribution is -0.138. The minimum Gasteiger partial charge on any atom is -0.367 e. The number of piperazine rings is 1. The number of rotatable bonds is 2. The lowest BCUT2D eigenvalue weighted by Crippen LogP contribution is -2.51. The van der Waals surface area contributed by atoms with Crippen LogP contribution in [0.5, 0.6) is 0 Å². The van der Waals surface area contributed by atoms with Gasteiger partial charge in [0.25, 0.3) is 0 Å². The van der Waals surface area contributed by atoms with Crippen molar-refractivity contribution in [1.29, 1.82) is 0 Å². The predicted octanol–water partition coefficient (Wildman–Crippen LogP) is 4.59. The van der Waals surface area contributed by atoms with E-state index in [0.29, 0.717) is 26.2 Å². The third-order valence-electron chi connectivity index (χ3n) is 5.15. The molecule has 1 amide bonds. The van der Waals surface area contributed by atoms with Gasteiger partial charge in [-0.2, -0.15) is 13.2 Å². The van der Waals surface area contributed by atoms with E-state index in [1.807, 2.05) is 4.90 Å². The maximum Gasteiger partial charge on any atom is 0.418 e. The maximum absolute atomic E-state index is 13.3. The van der Waals surface area contributed by atoms with Gasteiger partial charge in [-0.15, -0.1) is 0 Å². The molecule has 1 saturated heterocycles. The van der Waals surface area contributed by atoms with Crippen LogP contribution in [0.2, 0.25) is 5.02 Å². The Hall–Kier alpha value is -1.43. The first-order valence-corrected chi connectivity index (χ1v) is 9.14. The molecule has 138 valence electrons. The third-order valence-corrected chi connectivity index (χ3v) is 5.39. The van der Waals surface area contributed by atoms with Gasteiger partial charge in [0.05, 0.1) is 5.56 Å². The van der Waals surface area contributed by atoms with Crippen molar-refractivity contribution in [2.45, 2.75) is 38.3 Å². The third kappa shape index (κ3) is 4.22. The SMILES string of the molecule is O=C(C1CCCCC1)N1CCN(c2ccc(Cl)cc2C(F)(F)F)CC1. The van der Waals surface area contributed by atoms with Gasteiger partial charge in [-0.3, -0.25) is 4.79 Å². The molecular weight excluding hydrogens is 353 g/mol. The zero-order chi connectivity index (χ0) is 18.0. The van der Waals surface area contributed by atoms with Crippen LogP contribution in [0.15, 0.2) is 18.2 Å². The number of anilines is 1. The van der Waals surface area contributed by atoms with Crippen molar-refractivity contribution in [3.05, 3.63) is 28.8 Å². The largest absolute Gasteiger partial charge is 0.418 e. The van der Waals surface area contributed by atoms with E-state index in [1.54, 1.807) is 4.90 Å². The summed E-state index contributed by atoms with van der Waals surface area (Å²) in [4.78, 5) is 16.1. The van der Waals surface area contributed by atoms with Gasteiger partial charge in [0.15, 0.2) is 0 Å². The fraction of sp³-hybridized carbons (Fsp3) is 0.611. The van der Waals surface area contributed by atoms with Gasteiger partial charge >= 0.3 is 6.18 Å². The van der Waals surface area contributed by atoms with Crippen molar-refractivity contribution in [2.75, 3.05) is 31.1 Å². The van der Waals surface area contributed by atoms with Crippen molar-refractivity contribution >= 4 is 23.2 Å². The molecule has 25 heavy (non-hydrogen) atoms. The molecule has 0 bridgehead atoms. The van der Waals surface area contributed by atoms with E-state index in [1.165, 1.54) is 18.6 Å². The minimum absolute atomic E-state index is 0.0715. The molecule has 1 saturated carbocycles. The van der Waals surface area contributed by atoms with Crippen molar-refractivity contribution in [1.82, 2.24) is 4.90 Å². The summed E-state index contributed by atoms with van der Waals surface area (Å²) in [6.07, 6.45) is 0.804. The number of nitrogens with zero attached hydrogens (tertiary/aromatic N) is 2. The van der Waals surface area contributed by atoms with E-state index in [0.717, 1.165) is 31.7 Å². The summed E-state index contributed by atoms with van der Waals surface area (Å²) in [5.74, 6) is 0.271. The molecule has 2 fully saturated rings. The molecule has 1 aliphatic carbocycles. The molecule has 1 aromatic rings. The van der Waals surface area contributed by atoms with E-state index in [9.17, 15) is 18.0 Å². The highest BCUT2D eigenvalue weighted by Gasteiger charge is 2.36. The van der Waals surface area contributed by atoms with E-state index >= 15 is 0 Å². The Morgan fingerprint density at radius 1 is 1.04 bits per heavy atom. The lowest BCUT2D eigenvalue weighted by Gasteiger charge is -2.39. The predicted molar refractivity (Wildman–Crippen MR) is 91.8 cm³/mol. The molecule has 7 heteroatoms. The van der Waals surface area contributed by atoms with Crippen molar-refractivity contribution in [3.8, 4) is 0 Å². The lowest BCUT2D eigenvalue weighted by atomic mass is 9.88. The Morgan fingerprint density at radius 3 is 2.28 bits per heavy atom.